The van der Waals surface area contributed by atoms with Gasteiger partial charge in [-0.1, -0.05) is 0 Å². The van der Waals surface area contributed by atoms with Gasteiger partial charge in [0.1, 0.15) is 6.10 Å². The number of aliphatic hydroxyl groups is 1. The van der Waals surface area contributed by atoms with Gasteiger partial charge in [-0.05, 0) is 41.4 Å². The first-order valence-electron chi connectivity index (χ1n) is 4.04. The third-order valence-electron chi connectivity index (χ3n) is 1.89. The molecular weight excluding hydrogens is 200 g/mol. The minimum absolute atomic E-state index is 0.440. The van der Waals surface area contributed by atoms with E-state index in [4.69, 9.17) is 0 Å². The van der Waals surface area contributed by atoms with Gasteiger partial charge in [0.2, 0.25) is 0 Å². The van der Waals surface area contributed by atoms with Crippen LogP contribution in [0.2, 0.25) is 0 Å². The fourth-order valence-corrected chi connectivity index (χ4v) is 2.77. The summed E-state index contributed by atoms with van der Waals surface area (Å²) in [5, 5.41) is 13.9. The van der Waals surface area contributed by atoms with E-state index in [9.17, 15) is 5.11 Å². The number of thiophene rings is 2. The quantitative estimate of drug-likeness (QED) is 0.807. The van der Waals surface area contributed by atoms with Gasteiger partial charge in [0.05, 0.1) is 0 Å². The van der Waals surface area contributed by atoms with Crippen LogP contribution < -0.4 is 0 Å². The van der Waals surface area contributed by atoms with Crippen LogP contribution in [0.3, 0.4) is 0 Å². The highest BCUT2D eigenvalue weighted by Crippen LogP contribution is 2.28. The number of hydrogen-bond donors (Lipinski definition) is 1. The second-order valence-electron chi connectivity index (χ2n) is 2.91. The van der Waals surface area contributed by atoms with E-state index in [1.54, 1.807) is 22.7 Å². The molecule has 0 amide bonds. The first-order chi connectivity index (χ1) is 6.27. The Hall–Kier alpha value is -0.640. The summed E-state index contributed by atoms with van der Waals surface area (Å²) in [6, 6.07) is 5.99. The normalized spacial score (nSPS) is 13.1. The molecule has 0 radical (unpaired) electrons. The van der Waals surface area contributed by atoms with Gasteiger partial charge in [0.15, 0.2) is 0 Å². The lowest BCUT2D eigenvalue weighted by atomic mass is 10.2. The average molecular weight is 210 g/mol. The topological polar surface area (TPSA) is 20.2 Å². The van der Waals surface area contributed by atoms with Crippen LogP contribution in [0.4, 0.5) is 0 Å². The summed E-state index contributed by atoms with van der Waals surface area (Å²) in [5.74, 6) is 0. The smallest absolute Gasteiger partial charge is 0.114 e. The van der Waals surface area contributed by atoms with Crippen LogP contribution >= 0.6 is 22.7 Å². The largest absolute Gasteiger partial charge is 0.383 e. The van der Waals surface area contributed by atoms with Crippen molar-refractivity contribution in [3.05, 3.63) is 44.3 Å². The zero-order valence-electron chi connectivity index (χ0n) is 7.23. The van der Waals surface area contributed by atoms with Gasteiger partial charge in [-0.25, -0.2) is 0 Å². The van der Waals surface area contributed by atoms with Crippen molar-refractivity contribution in [1.29, 1.82) is 0 Å². The van der Waals surface area contributed by atoms with Crippen LogP contribution in [0, 0.1) is 6.92 Å². The second kappa shape index (κ2) is 3.62. The first kappa shape index (κ1) is 8.94. The van der Waals surface area contributed by atoms with Gasteiger partial charge in [0.25, 0.3) is 0 Å². The Bertz CT molecular complexity index is 375. The minimum atomic E-state index is -0.440. The third-order valence-corrected chi connectivity index (χ3v) is 3.64. The molecule has 0 saturated heterocycles. The van der Waals surface area contributed by atoms with Gasteiger partial charge < -0.3 is 5.11 Å². The Balaban J connectivity index is 2.28. The molecule has 0 aromatic carbocycles. The Morgan fingerprint density at radius 1 is 1.31 bits per heavy atom. The summed E-state index contributed by atoms with van der Waals surface area (Å²) in [5.41, 5.74) is 0.992. The zero-order chi connectivity index (χ0) is 9.26. The number of hydrogen-bond acceptors (Lipinski definition) is 3. The average Bonchev–Trinajstić information content (AvgIpc) is 2.72. The molecule has 0 saturated carbocycles. The number of aliphatic hydroxyl groups excluding tert-OH is 1. The molecule has 1 atom stereocenters. The van der Waals surface area contributed by atoms with Crippen molar-refractivity contribution in [1.82, 2.24) is 0 Å². The first-order valence-corrected chi connectivity index (χ1v) is 5.80. The van der Waals surface area contributed by atoms with Crippen molar-refractivity contribution in [2.45, 2.75) is 13.0 Å². The van der Waals surface area contributed by atoms with Crippen LogP contribution in [0.5, 0.6) is 0 Å². The van der Waals surface area contributed by atoms with Crippen molar-refractivity contribution in [2.75, 3.05) is 0 Å². The highest BCUT2D eigenvalue weighted by molar-refractivity contribution is 7.12. The van der Waals surface area contributed by atoms with Crippen molar-refractivity contribution in [3.8, 4) is 0 Å². The van der Waals surface area contributed by atoms with Gasteiger partial charge in [0, 0.05) is 9.75 Å². The van der Waals surface area contributed by atoms with E-state index in [-0.39, 0.29) is 0 Å². The lowest BCUT2D eigenvalue weighted by Crippen LogP contribution is -1.93. The fraction of sp³-hybridized carbons (Fsp3) is 0.200. The van der Waals surface area contributed by atoms with E-state index in [0.29, 0.717) is 0 Å². The molecule has 2 rings (SSSR count). The van der Waals surface area contributed by atoms with Crippen LogP contribution in [0.15, 0.2) is 29.0 Å². The molecule has 68 valence electrons. The molecule has 2 heterocycles. The maximum atomic E-state index is 9.91. The molecule has 0 bridgehead atoms. The van der Waals surface area contributed by atoms with Crippen LogP contribution in [0.25, 0.3) is 0 Å². The highest BCUT2D eigenvalue weighted by Gasteiger charge is 2.11. The van der Waals surface area contributed by atoms with Gasteiger partial charge in [-0.3, -0.25) is 0 Å². The van der Waals surface area contributed by atoms with E-state index in [1.165, 1.54) is 4.88 Å². The van der Waals surface area contributed by atoms with E-state index in [1.807, 2.05) is 29.0 Å². The highest BCUT2D eigenvalue weighted by atomic mass is 32.1. The Labute approximate surface area is 85.3 Å². The Morgan fingerprint density at radius 3 is 2.69 bits per heavy atom. The van der Waals surface area contributed by atoms with Crippen molar-refractivity contribution in [2.24, 2.45) is 0 Å². The van der Waals surface area contributed by atoms with Gasteiger partial charge in [-0.15, -0.1) is 11.3 Å². The Kier molecular flexibility index (Phi) is 2.49. The molecule has 2 aromatic rings. The maximum absolute atomic E-state index is 9.91. The minimum Gasteiger partial charge on any atom is -0.383 e. The summed E-state index contributed by atoms with van der Waals surface area (Å²) < 4.78 is 0. The predicted octanol–water partition coefficient (Wildman–Crippen LogP) is 3.20. The van der Waals surface area contributed by atoms with E-state index in [0.717, 1.165) is 10.4 Å². The molecule has 0 spiro atoms. The molecule has 13 heavy (non-hydrogen) atoms. The molecule has 0 aliphatic rings. The van der Waals surface area contributed by atoms with Gasteiger partial charge >= 0.3 is 0 Å². The Morgan fingerprint density at radius 2 is 2.15 bits per heavy atom. The lowest BCUT2D eigenvalue weighted by Gasteiger charge is -2.04. The number of rotatable bonds is 2. The third kappa shape index (κ3) is 1.82. The summed E-state index contributed by atoms with van der Waals surface area (Å²) in [4.78, 5) is 2.26. The SMILES string of the molecule is Cc1ccc(C(O)c2ccsc2)s1. The van der Waals surface area contributed by atoms with E-state index in [2.05, 4.69) is 6.92 Å². The molecule has 1 unspecified atom stereocenters. The summed E-state index contributed by atoms with van der Waals surface area (Å²) >= 11 is 3.26. The molecule has 3 heteroatoms. The van der Waals surface area contributed by atoms with E-state index < -0.39 is 6.10 Å². The summed E-state index contributed by atoms with van der Waals surface area (Å²) in [7, 11) is 0. The zero-order valence-corrected chi connectivity index (χ0v) is 8.86. The second-order valence-corrected chi connectivity index (χ2v) is 5.01. The monoisotopic (exact) mass is 210 g/mol. The molecule has 2 aromatic heterocycles. The van der Waals surface area contributed by atoms with Crippen LogP contribution in [0.1, 0.15) is 21.4 Å². The van der Waals surface area contributed by atoms with E-state index >= 15 is 0 Å². The molecule has 1 N–H and O–H groups in total. The lowest BCUT2D eigenvalue weighted by molar-refractivity contribution is 0.224. The summed E-state index contributed by atoms with van der Waals surface area (Å²) in [6.45, 7) is 2.05. The molecule has 0 fully saturated rings. The van der Waals surface area contributed by atoms with Gasteiger partial charge in [-0.2, -0.15) is 11.3 Å². The maximum Gasteiger partial charge on any atom is 0.114 e. The molecular formula is C10H10OS2. The number of aryl methyl sites for hydroxylation is 1. The molecule has 0 aliphatic heterocycles. The predicted molar refractivity (Wildman–Crippen MR) is 57.4 cm³/mol. The van der Waals surface area contributed by atoms with Crippen molar-refractivity contribution in [3.63, 3.8) is 0 Å². The summed E-state index contributed by atoms with van der Waals surface area (Å²) in [6.07, 6.45) is -0.440. The van der Waals surface area contributed by atoms with Crippen molar-refractivity contribution < 1.29 is 5.11 Å². The van der Waals surface area contributed by atoms with Crippen molar-refractivity contribution >= 4 is 22.7 Å². The van der Waals surface area contributed by atoms with Crippen LogP contribution in [-0.4, -0.2) is 5.11 Å². The fourth-order valence-electron chi connectivity index (χ4n) is 1.20. The molecule has 1 nitrogen and oxygen atoms in total. The standard InChI is InChI=1S/C10H10OS2/c1-7-2-3-9(13-7)10(11)8-4-5-12-6-8/h2-6,10-11H,1H3. The van der Waals surface area contributed by atoms with Crippen LogP contribution in [-0.2, 0) is 0 Å². The molecule has 0 aliphatic carbocycles.